The summed E-state index contributed by atoms with van der Waals surface area (Å²) < 4.78 is 56.9. The van der Waals surface area contributed by atoms with Gasteiger partial charge in [-0.1, -0.05) is 23.7 Å². The van der Waals surface area contributed by atoms with Crippen molar-refractivity contribution in [3.05, 3.63) is 68.0 Å². The van der Waals surface area contributed by atoms with Crippen LogP contribution in [0, 0.1) is 0 Å². The molecule has 0 saturated carbocycles. The van der Waals surface area contributed by atoms with Crippen LogP contribution in [0.1, 0.15) is 38.2 Å². The quantitative estimate of drug-likeness (QED) is 0.440. The van der Waals surface area contributed by atoms with Crippen molar-refractivity contribution < 1.29 is 36.8 Å². The van der Waals surface area contributed by atoms with Gasteiger partial charge in [0.05, 0.1) is 19.3 Å². The van der Waals surface area contributed by atoms with E-state index in [2.05, 4.69) is 0 Å². The average molecular weight is 533 g/mol. The van der Waals surface area contributed by atoms with E-state index in [4.69, 9.17) is 34.6 Å². The molecule has 1 aromatic heterocycles. The number of nitrogens with zero attached hydrogens (tertiary/aromatic N) is 1. The molecular weight excluding hydrogens is 510 g/mol. The van der Waals surface area contributed by atoms with E-state index in [-0.39, 0.29) is 6.61 Å². The van der Waals surface area contributed by atoms with Crippen LogP contribution in [-0.2, 0) is 32.4 Å². The Morgan fingerprint density at radius 3 is 2.83 bits per heavy atom. The Bertz CT molecular complexity index is 1270. The number of aromatic nitrogens is 2. The molecule has 0 amide bonds. The zero-order valence-corrected chi connectivity index (χ0v) is 20.4. The van der Waals surface area contributed by atoms with Crippen molar-refractivity contribution in [2.24, 2.45) is 0 Å². The largest absolute Gasteiger partial charge is 0.475 e. The molecule has 4 rings (SSSR count). The Labute approximate surface area is 203 Å². The first-order valence-electron chi connectivity index (χ1n) is 10.6. The molecule has 0 bridgehead atoms. The predicted octanol–water partition coefficient (Wildman–Crippen LogP) is 3.05. The highest BCUT2D eigenvalue weighted by Gasteiger charge is 2.58. The van der Waals surface area contributed by atoms with Gasteiger partial charge in [0.15, 0.2) is 18.0 Å². The monoisotopic (exact) mass is 532 g/mol. The van der Waals surface area contributed by atoms with Crippen molar-refractivity contribution in [2.75, 3.05) is 13.2 Å². The molecule has 3 heterocycles. The van der Waals surface area contributed by atoms with E-state index in [1.54, 1.807) is 24.3 Å². The summed E-state index contributed by atoms with van der Waals surface area (Å²) in [5.74, 6) is -0.806. The predicted molar refractivity (Wildman–Crippen MR) is 120 cm³/mol. The van der Waals surface area contributed by atoms with Gasteiger partial charge in [-0.3, -0.25) is 32.7 Å². The number of aromatic amines is 1. The summed E-state index contributed by atoms with van der Waals surface area (Å²) in [7, 11) is -4.11. The molecule has 2 aliphatic heterocycles. The van der Waals surface area contributed by atoms with Crippen LogP contribution in [0.2, 0.25) is 5.02 Å². The minimum Gasteiger partial charge on any atom is -0.456 e. The first-order valence-corrected chi connectivity index (χ1v) is 12.5. The van der Waals surface area contributed by atoms with Gasteiger partial charge >= 0.3 is 19.5 Å². The number of halogens is 2. The highest BCUT2D eigenvalue weighted by molar-refractivity contribution is 7.48. The lowest BCUT2D eigenvalue weighted by molar-refractivity contribution is -0.155. The number of rotatable bonds is 6. The van der Waals surface area contributed by atoms with Crippen LogP contribution in [0.25, 0.3) is 0 Å². The third kappa shape index (κ3) is 5.58. The van der Waals surface area contributed by atoms with Crippen LogP contribution in [-0.4, -0.2) is 46.6 Å². The van der Waals surface area contributed by atoms with Gasteiger partial charge < -0.3 is 9.47 Å². The number of ether oxygens (including phenoxy) is 2. The van der Waals surface area contributed by atoms with Gasteiger partial charge in [-0.2, -0.15) is 0 Å². The third-order valence-corrected chi connectivity index (χ3v) is 7.29. The van der Waals surface area contributed by atoms with E-state index in [0.717, 1.165) is 30.7 Å². The molecule has 0 aliphatic carbocycles. The van der Waals surface area contributed by atoms with Crippen molar-refractivity contribution in [3.63, 3.8) is 0 Å². The number of H-pyrrole nitrogens is 1. The van der Waals surface area contributed by atoms with Gasteiger partial charge in [0.1, 0.15) is 6.10 Å². The Kier molecular flexibility index (Phi) is 7.33. The summed E-state index contributed by atoms with van der Waals surface area (Å²) in [6, 6.07) is 7.84. The summed E-state index contributed by atoms with van der Waals surface area (Å²) in [5, 5.41) is 0.475. The number of carbonyl (C=O) groups is 1. The van der Waals surface area contributed by atoms with Gasteiger partial charge in [0.25, 0.3) is 5.56 Å². The number of nitrogens with one attached hydrogen (secondary N) is 1. The van der Waals surface area contributed by atoms with Crippen LogP contribution >= 0.6 is 19.4 Å². The summed E-state index contributed by atoms with van der Waals surface area (Å²) in [5.41, 5.74) is -3.35. The smallest absolute Gasteiger partial charge is 0.456 e. The summed E-state index contributed by atoms with van der Waals surface area (Å²) in [6.45, 7) is 1.67. The Hall–Kier alpha value is -2.34. The zero-order valence-electron chi connectivity index (χ0n) is 18.7. The third-order valence-electron chi connectivity index (χ3n) is 5.58. The SMILES string of the molecule is CC(=O)O[C@@H]1[C@@H](COP2(=O)OCCC(c3cccc(Cl)c3)O2)O[C@@H](n2ccc(=O)[nH]c2=O)[C@]1(C)F. The molecule has 6 atom stereocenters. The normalized spacial score (nSPS) is 32.9. The minimum atomic E-state index is -4.11. The van der Waals surface area contributed by atoms with E-state index in [9.17, 15) is 18.9 Å². The van der Waals surface area contributed by atoms with Crippen LogP contribution < -0.4 is 11.2 Å². The first kappa shape index (κ1) is 25.7. The fourth-order valence-corrected chi connectivity index (χ4v) is 5.59. The number of carbonyl (C=O) groups excluding carboxylic acids is 1. The maximum Gasteiger partial charge on any atom is 0.475 e. The van der Waals surface area contributed by atoms with E-state index in [0.29, 0.717) is 17.0 Å². The lowest BCUT2D eigenvalue weighted by atomic mass is 9.98. The molecule has 1 aromatic carbocycles. The maximum absolute atomic E-state index is 15.8. The van der Waals surface area contributed by atoms with Crippen LogP contribution in [0.15, 0.2) is 46.1 Å². The minimum absolute atomic E-state index is 0.0591. The van der Waals surface area contributed by atoms with Crippen LogP contribution in [0.5, 0.6) is 0 Å². The maximum atomic E-state index is 15.8. The first-order chi connectivity index (χ1) is 16.5. The number of hydrogen-bond acceptors (Lipinski definition) is 9. The Morgan fingerprint density at radius 2 is 2.14 bits per heavy atom. The van der Waals surface area contributed by atoms with Crippen molar-refractivity contribution in [1.29, 1.82) is 0 Å². The molecule has 2 aliphatic rings. The Balaban J connectivity index is 1.53. The highest BCUT2D eigenvalue weighted by Crippen LogP contribution is 2.57. The molecule has 2 saturated heterocycles. The molecule has 2 aromatic rings. The van der Waals surface area contributed by atoms with Crippen molar-refractivity contribution in [2.45, 2.75) is 50.5 Å². The van der Waals surface area contributed by atoms with Crippen molar-refractivity contribution >= 4 is 25.4 Å². The fourth-order valence-electron chi connectivity index (χ4n) is 4.00. The lowest BCUT2D eigenvalue weighted by Crippen LogP contribution is -2.45. The number of alkyl halides is 1. The molecule has 0 spiro atoms. The molecular formula is C21H23ClFN2O9P. The summed E-state index contributed by atoms with van der Waals surface area (Å²) in [4.78, 5) is 37.3. The van der Waals surface area contributed by atoms with Gasteiger partial charge in [-0.25, -0.2) is 13.8 Å². The second kappa shape index (κ2) is 9.96. The molecule has 2 fully saturated rings. The molecule has 2 unspecified atom stereocenters. The average Bonchev–Trinajstić information content (AvgIpc) is 3.02. The molecule has 1 N–H and O–H groups in total. The number of esters is 1. The molecule has 11 nitrogen and oxygen atoms in total. The van der Waals surface area contributed by atoms with E-state index in [1.807, 2.05) is 4.98 Å². The number of phosphoric ester groups is 1. The zero-order chi connectivity index (χ0) is 25.4. The molecule has 0 radical (unpaired) electrons. The summed E-state index contributed by atoms with van der Waals surface area (Å²) >= 11 is 6.03. The standard InChI is InChI=1S/C21H23ClFN2O9P/c1-12(26)32-18-16(33-19(21(18,2)23)25-8-6-17(27)24-20(25)28)11-31-35(29)30-9-7-15(34-35)13-4-3-5-14(22)10-13/h3-6,8,10,15-16,18-19H,7,9,11H2,1-2H3,(H,24,27,28)/t15?,16-,18-,19-,21-,35?/m1/s1. The van der Waals surface area contributed by atoms with E-state index in [1.165, 1.54) is 0 Å². The number of phosphoric acid groups is 1. The van der Waals surface area contributed by atoms with Gasteiger partial charge in [-0.05, 0) is 24.6 Å². The summed E-state index contributed by atoms with van der Waals surface area (Å²) in [6.07, 6.45) is -3.59. The fraction of sp³-hybridized carbons (Fsp3) is 0.476. The van der Waals surface area contributed by atoms with Gasteiger partial charge in [0, 0.05) is 30.6 Å². The van der Waals surface area contributed by atoms with Crippen LogP contribution in [0.3, 0.4) is 0 Å². The highest BCUT2D eigenvalue weighted by atomic mass is 35.5. The molecule has 190 valence electrons. The van der Waals surface area contributed by atoms with Gasteiger partial charge in [-0.15, -0.1) is 0 Å². The van der Waals surface area contributed by atoms with E-state index < -0.39 is 61.9 Å². The topological polar surface area (TPSA) is 135 Å². The van der Waals surface area contributed by atoms with Crippen molar-refractivity contribution in [3.8, 4) is 0 Å². The Morgan fingerprint density at radius 1 is 1.37 bits per heavy atom. The van der Waals surface area contributed by atoms with Crippen LogP contribution in [0.4, 0.5) is 4.39 Å². The van der Waals surface area contributed by atoms with Gasteiger partial charge in [0.2, 0.25) is 0 Å². The van der Waals surface area contributed by atoms with Crippen molar-refractivity contribution in [1.82, 2.24) is 9.55 Å². The second-order valence-electron chi connectivity index (χ2n) is 8.24. The molecule has 35 heavy (non-hydrogen) atoms. The molecule has 14 heteroatoms. The van der Waals surface area contributed by atoms with E-state index >= 15 is 4.39 Å². The number of hydrogen-bond donors (Lipinski definition) is 1. The lowest BCUT2D eigenvalue weighted by Gasteiger charge is -2.30. The number of benzene rings is 1. The second-order valence-corrected chi connectivity index (χ2v) is 10.3.